The minimum Gasteiger partial charge on any atom is -0.316 e. The van der Waals surface area contributed by atoms with Gasteiger partial charge in [-0.2, -0.15) is 0 Å². The van der Waals surface area contributed by atoms with Gasteiger partial charge in [-0.1, -0.05) is 33.8 Å². The van der Waals surface area contributed by atoms with Crippen molar-refractivity contribution < 1.29 is 0 Å². The van der Waals surface area contributed by atoms with Gasteiger partial charge in [-0.05, 0) is 42.5 Å². The maximum Gasteiger partial charge on any atom is 0.0305 e. The summed E-state index contributed by atoms with van der Waals surface area (Å²) in [6.07, 6.45) is 4.95. The lowest BCUT2D eigenvalue weighted by Crippen LogP contribution is -2.27. The average Bonchev–Trinajstić information content (AvgIpc) is 2.26. The molecule has 1 N–H and O–H groups in total. The van der Waals surface area contributed by atoms with Gasteiger partial charge in [0.1, 0.15) is 0 Å². The highest BCUT2D eigenvalue weighted by Gasteiger charge is 2.19. The van der Waals surface area contributed by atoms with Crippen molar-refractivity contribution in [1.82, 2.24) is 10.3 Å². The molecule has 2 heteroatoms. The van der Waals surface area contributed by atoms with Gasteiger partial charge in [-0.25, -0.2) is 0 Å². The van der Waals surface area contributed by atoms with Crippen LogP contribution in [-0.2, 0) is 5.41 Å². The fourth-order valence-corrected chi connectivity index (χ4v) is 1.70. The van der Waals surface area contributed by atoms with Gasteiger partial charge in [-0.3, -0.25) is 4.98 Å². The Hall–Kier alpha value is -0.890. The monoisotopic (exact) mass is 220 g/mol. The summed E-state index contributed by atoms with van der Waals surface area (Å²) in [5.74, 6) is 0.724. The van der Waals surface area contributed by atoms with Crippen LogP contribution in [0.3, 0.4) is 0 Å². The normalized spacial score (nSPS) is 12.1. The zero-order chi connectivity index (χ0) is 12.0. The first kappa shape index (κ1) is 13.2. The number of pyridine rings is 1. The van der Waals surface area contributed by atoms with Crippen molar-refractivity contribution in [3.63, 3.8) is 0 Å². The van der Waals surface area contributed by atoms with Gasteiger partial charge >= 0.3 is 0 Å². The average molecular weight is 220 g/mol. The Morgan fingerprint density at radius 1 is 1.38 bits per heavy atom. The lowest BCUT2D eigenvalue weighted by atomic mass is 9.82. The van der Waals surface area contributed by atoms with Crippen LogP contribution in [0.1, 0.15) is 39.7 Å². The van der Waals surface area contributed by atoms with E-state index < -0.39 is 0 Å². The summed E-state index contributed by atoms with van der Waals surface area (Å²) in [4.78, 5) is 4.19. The molecular weight excluding hydrogens is 196 g/mol. The Balaban J connectivity index is 2.40. The van der Waals surface area contributed by atoms with Crippen LogP contribution in [-0.4, -0.2) is 18.1 Å². The van der Waals surface area contributed by atoms with E-state index in [9.17, 15) is 0 Å². The lowest BCUT2D eigenvalue weighted by Gasteiger charge is -2.25. The molecule has 0 aliphatic carbocycles. The Morgan fingerprint density at radius 2 is 2.12 bits per heavy atom. The molecule has 2 nitrogen and oxygen atoms in total. The van der Waals surface area contributed by atoms with Crippen molar-refractivity contribution in [2.24, 2.45) is 5.92 Å². The summed E-state index contributed by atoms with van der Waals surface area (Å²) in [5, 5.41) is 3.49. The molecule has 0 saturated heterocycles. The second kappa shape index (κ2) is 6.00. The molecule has 0 amide bonds. The Kier molecular flexibility index (Phi) is 4.94. The first-order chi connectivity index (χ1) is 7.52. The third-order valence-electron chi connectivity index (χ3n) is 2.92. The summed E-state index contributed by atoms with van der Waals surface area (Å²) in [6.45, 7) is 11.2. The first-order valence-corrected chi connectivity index (χ1v) is 6.13. The molecule has 1 heterocycles. The van der Waals surface area contributed by atoms with Crippen molar-refractivity contribution >= 4 is 0 Å². The highest BCUT2D eigenvalue weighted by molar-refractivity contribution is 5.19. The summed E-state index contributed by atoms with van der Waals surface area (Å²) >= 11 is 0. The molecule has 0 bridgehead atoms. The Morgan fingerprint density at radius 3 is 2.69 bits per heavy atom. The van der Waals surface area contributed by atoms with Gasteiger partial charge in [0, 0.05) is 12.4 Å². The smallest absolute Gasteiger partial charge is 0.0305 e. The van der Waals surface area contributed by atoms with Crippen LogP contribution in [0.5, 0.6) is 0 Å². The molecule has 0 aromatic carbocycles. The number of aromatic nitrogens is 1. The lowest BCUT2D eigenvalue weighted by molar-refractivity contribution is 0.441. The highest BCUT2D eigenvalue weighted by Crippen LogP contribution is 2.25. The van der Waals surface area contributed by atoms with Crippen LogP contribution in [0.4, 0.5) is 0 Å². The van der Waals surface area contributed by atoms with Gasteiger partial charge in [-0.15, -0.1) is 0 Å². The van der Waals surface area contributed by atoms with Crippen LogP contribution in [0.25, 0.3) is 0 Å². The molecule has 90 valence electrons. The summed E-state index contributed by atoms with van der Waals surface area (Å²) in [6, 6.07) is 4.17. The van der Waals surface area contributed by atoms with Gasteiger partial charge in [0.15, 0.2) is 0 Å². The predicted molar refractivity (Wildman–Crippen MR) is 69.6 cm³/mol. The molecule has 0 spiro atoms. The quantitative estimate of drug-likeness (QED) is 0.745. The maximum absolute atomic E-state index is 4.19. The SMILES string of the molecule is CC(C)CNCCC(C)(C)c1cccnc1. The van der Waals surface area contributed by atoms with E-state index in [1.165, 1.54) is 5.56 Å². The van der Waals surface area contributed by atoms with Crippen LogP contribution in [0, 0.1) is 5.92 Å². The van der Waals surface area contributed by atoms with Gasteiger partial charge in [0.25, 0.3) is 0 Å². The summed E-state index contributed by atoms with van der Waals surface area (Å²) in [7, 11) is 0. The fourth-order valence-electron chi connectivity index (χ4n) is 1.70. The maximum atomic E-state index is 4.19. The molecular formula is C14H24N2. The van der Waals surface area contributed by atoms with Crippen LogP contribution < -0.4 is 5.32 Å². The minimum absolute atomic E-state index is 0.207. The van der Waals surface area contributed by atoms with Crippen molar-refractivity contribution in [1.29, 1.82) is 0 Å². The third kappa shape index (κ3) is 4.31. The summed E-state index contributed by atoms with van der Waals surface area (Å²) < 4.78 is 0. The second-order valence-electron chi connectivity index (χ2n) is 5.47. The molecule has 0 unspecified atom stereocenters. The Labute approximate surface area is 99.5 Å². The zero-order valence-corrected chi connectivity index (χ0v) is 11.0. The van der Waals surface area contributed by atoms with E-state index in [1.807, 2.05) is 18.5 Å². The van der Waals surface area contributed by atoms with Crippen molar-refractivity contribution in [3.8, 4) is 0 Å². The number of hydrogen-bond acceptors (Lipinski definition) is 2. The molecule has 1 aromatic rings. The number of rotatable bonds is 6. The van der Waals surface area contributed by atoms with Crippen LogP contribution in [0.15, 0.2) is 24.5 Å². The van der Waals surface area contributed by atoms with Gasteiger partial charge < -0.3 is 5.32 Å². The van der Waals surface area contributed by atoms with E-state index in [-0.39, 0.29) is 5.41 Å². The fraction of sp³-hybridized carbons (Fsp3) is 0.643. The molecule has 1 rings (SSSR count). The van der Waals surface area contributed by atoms with E-state index in [0.717, 1.165) is 25.4 Å². The van der Waals surface area contributed by atoms with E-state index in [2.05, 4.69) is 44.1 Å². The topological polar surface area (TPSA) is 24.9 Å². The van der Waals surface area contributed by atoms with Crippen molar-refractivity contribution in [2.75, 3.05) is 13.1 Å². The van der Waals surface area contributed by atoms with Crippen molar-refractivity contribution in [2.45, 2.75) is 39.5 Å². The number of nitrogens with zero attached hydrogens (tertiary/aromatic N) is 1. The first-order valence-electron chi connectivity index (χ1n) is 6.13. The van der Waals surface area contributed by atoms with E-state index in [0.29, 0.717) is 0 Å². The molecule has 0 atom stereocenters. The summed E-state index contributed by atoms with van der Waals surface area (Å²) in [5.41, 5.74) is 1.53. The van der Waals surface area contributed by atoms with Crippen molar-refractivity contribution in [3.05, 3.63) is 30.1 Å². The van der Waals surface area contributed by atoms with Crippen LogP contribution in [0.2, 0.25) is 0 Å². The van der Waals surface area contributed by atoms with E-state index in [4.69, 9.17) is 0 Å². The predicted octanol–water partition coefficient (Wildman–Crippen LogP) is 2.99. The molecule has 0 radical (unpaired) electrons. The minimum atomic E-state index is 0.207. The highest BCUT2D eigenvalue weighted by atomic mass is 14.9. The van der Waals surface area contributed by atoms with Crippen LogP contribution >= 0.6 is 0 Å². The molecule has 0 aliphatic heterocycles. The van der Waals surface area contributed by atoms with E-state index >= 15 is 0 Å². The zero-order valence-electron chi connectivity index (χ0n) is 11.0. The molecule has 1 aromatic heterocycles. The number of hydrogen-bond donors (Lipinski definition) is 1. The van der Waals surface area contributed by atoms with Gasteiger partial charge in [0.2, 0.25) is 0 Å². The Bertz CT molecular complexity index is 291. The van der Waals surface area contributed by atoms with E-state index in [1.54, 1.807) is 0 Å². The van der Waals surface area contributed by atoms with Gasteiger partial charge in [0.05, 0.1) is 0 Å². The molecule has 0 fully saturated rings. The largest absolute Gasteiger partial charge is 0.316 e. The molecule has 0 aliphatic rings. The molecule has 0 saturated carbocycles. The third-order valence-corrected chi connectivity index (χ3v) is 2.92. The number of nitrogens with one attached hydrogen (secondary N) is 1. The second-order valence-corrected chi connectivity index (χ2v) is 5.47. The standard InChI is InChI=1S/C14H24N2/c1-12(2)10-16-9-7-14(3,4)13-6-5-8-15-11-13/h5-6,8,11-12,16H,7,9-10H2,1-4H3. The molecule has 16 heavy (non-hydrogen) atoms.